The van der Waals surface area contributed by atoms with Crippen LogP contribution in [0.5, 0.6) is 0 Å². The Morgan fingerprint density at radius 1 is 1.40 bits per heavy atom. The molecule has 4 heteroatoms. The second kappa shape index (κ2) is 6.86. The average molecular weight is 275 g/mol. The summed E-state index contributed by atoms with van der Waals surface area (Å²) < 4.78 is 0. The van der Waals surface area contributed by atoms with Gasteiger partial charge in [-0.15, -0.1) is 0 Å². The van der Waals surface area contributed by atoms with Crippen LogP contribution in [0, 0.1) is 5.92 Å². The first-order valence-electron chi connectivity index (χ1n) is 7.42. The summed E-state index contributed by atoms with van der Waals surface area (Å²) in [7, 11) is 0. The van der Waals surface area contributed by atoms with E-state index in [0.29, 0.717) is 19.0 Å². The van der Waals surface area contributed by atoms with Gasteiger partial charge in [-0.3, -0.25) is 9.69 Å². The fourth-order valence-corrected chi connectivity index (χ4v) is 2.98. The Bertz CT molecular complexity index is 461. The molecule has 3 N–H and O–H groups in total. The molecular weight excluding hydrogens is 250 g/mol. The second-order valence-corrected chi connectivity index (χ2v) is 5.84. The van der Waals surface area contributed by atoms with Crippen molar-refractivity contribution >= 4 is 11.6 Å². The smallest absolute Gasteiger partial charge is 0.225 e. The van der Waals surface area contributed by atoms with Gasteiger partial charge in [0, 0.05) is 37.8 Å². The zero-order valence-corrected chi connectivity index (χ0v) is 12.4. The number of benzene rings is 1. The molecular formula is C16H25N3O. The quantitative estimate of drug-likeness (QED) is 0.866. The molecule has 20 heavy (non-hydrogen) atoms. The highest BCUT2D eigenvalue weighted by Crippen LogP contribution is 2.22. The fraction of sp³-hybridized carbons (Fsp3) is 0.562. The van der Waals surface area contributed by atoms with Gasteiger partial charge in [0.1, 0.15) is 0 Å². The number of nitrogens with zero attached hydrogens (tertiary/aromatic N) is 1. The highest BCUT2D eigenvalue weighted by atomic mass is 16.1. The number of amides is 1. The Kier molecular flexibility index (Phi) is 5.15. The number of hydrogen-bond acceptors (Lipinski definition) is 3. The molecule has 2 atom stereocenters. The summed E-state index contributed by atoms with van der Waals surface area (Å²) in [6.07, 6.45) is 1.77. The van der Waals surface area contributed by atoms with Crippen LogP contribution in [-0.4, -0.2) is 29.9 Å². The summed E-state index contributed by atoms with van der Waals surface area (Å²) in [5, 5.41) is 2.97. The Morgan fingerprint density at radius 3 is 2.80 bits per heavy atom. The number of carbonyl (C=O) groups excluding carboxylic acids is 1. The maximum Gasteiger partial charge on any atom is 0.225 e. The van der Waals surface area contributed by atoms with Gasteiger partial charge in [0.25, 0.3) is 0 Å². The predicted octanol–water partition coefficient (Wildman–Crippen LogP) is 2.20. The molecule has 1 heterocycles. The number of rotatable bonds is 5. The molecule has 1 aromatic carbocycles. The Balaban J connectivity index is 1.84. The van der Waals surface area contributed by atoms with Gasteiger partial charge in [-0.05, 0) is 30.9 Å². The molecule has 0 spiro atoms. The van der Waals surface area contributed by atoms with Crippen LogP contribution in [0.2, 0.25) is 0 Å². The van der Waals surface area contributed by atoms with E-state index in [1.807, 2.05) is 24.3 Å². The van der Waals surface area contributed by atoms with Crippen molar-refractivity contribution in [1.29, 1.82) is 0 Å². The van der Waals surface area contributed by atoms with Gasteiger partial charge in [-0.25, -0.2) is 0 Å². The lowest BCUT2D eigenvalue weighted by Crippen LogP contribution is -2.30. The summed E-state index contributed by atoms with van der Waals surface area (Å²) in [5.74, 6) is 0.809. The van der Waals surface area contributed by atoms with E-state index < -0.39 is 0 Å². The van der Waals surface area contributed by atoms with Crippen LogP contribution < -0.4 is 11.1 Å². The molecule has 0 bridgehead atoms. The van der Waals surface area contributed by atoms with Gasteiger partial charge in [-0.2, -0.15) is 0 Å². The lowest BCUT2D eigenvalue weighted by atomic mass is 10.1. The first-order valence-corrected chi connectivity index (χ1v) is 7.42. The molecule has 0 aromatic heterocycles. The maximum absolute atomic E-state index is 12.0. The van der Waals surface area contributed by atoms with E-state index >= 15 is 0 Å². The van der Waals surface area contributed by atoms with Gasteiger partial charge in [-0.1, -0.05) is 25.1 Å². The number of nitrogens with two attached hydrogens (primary N) is 1. The van der Waals surface area contributed by atoms with Crippen LogP contribution in [0.15, 0.2) is 24.3 Å². The third-order valence-electron chi connectivity index (χ3n) is 4.05. The number of nitrogens with one attached hydrogen (secondary N) is 1. The van der Waals surface area contributed by atoms with E-state index in [1.165, 1.54) is 6.42 Å². The van der Waals surface area contributed by atoms with Crippen LogP contribution in [0.25, 0.3) is 0 Å². The number of hydrogen-bond donors (Lipinski definition) is 2. The van der Waals surface area contributed by atoms with Crippen molar-refractivity contribution in [2.75, 3.05) is 18.4 Å². The molecule has 1 aliphatic rings. The minimum Gasteiger partial charge on any atom is -0.326 e. The molecule has 1 fully saturated rings. The van der Waals surface area contributed by atoms with Crippen molar-refractivity contribution in [3.05, 3.63) is 29.8 Å². The normalized spacial score (nSPS) is 22.9. The number of likely N-dealkylation sites (tertiary alicyclic amines) is 1. The van der Waals surface area contributed by atoms with Crippen molar-refractivity contribution in [3.63, 3.8) is 0 Å². The van der Waals surface area contributed by atoms with Crippen molar-refractivity contribution < 1.29 is 4.79 Å². The monoisotopic (exact) mass is 275 g/mol. The molecule has 0 saturated carbocycles. The van der Waals surface area contributed by atoms with Gasteiger partial charge in [0.2, 0.25) is 5.91 Å². The molecule has 4 nitrogen and oxygen atoms in total. The first-order chi connectivity index (χ1) is 9.60. The molecule has 0 aliphatic carbocycles. The van der Waals surface area contributed by atoms with E-state index in [4.69, 9.17) is 5.73 Å². The predicted molar refractivity (Wildman–Crippen MR) is 82.4 cm³/mol. The van der Waals surface area contributed by atoms with Crippen LogP contribution in [0.4, 0.5) is 5.69 Å². The lowest BCUT2D eigenvalue weighted by molar-refractivity contribution is -0.116. The second-order valence-electron chi connectivity index (χ2n) is 5.84. The van der Waals surface area contributed by atoms with E-state index in [2.05, 4.69) is 24.1 Å². The Morgan fingerprint density at radius 2 is 2.15 bits per heavy atom. The largest absolute Gasteiger partial charge is 0.326 e. The number of anilines is 1. The molecule has 2 unspecified atom stereocenters. The number of para-hydroxylation sites is 1. The topological polar surface area (TPSA) is 58.4 Å². The van der Waals surface area contributed by atoms with Gasteiger partial charge < -0.3 is 11.1 Å². The fourth-order valence-electron chi connectivity index (χ4n) is 2.98. The van der Waals surface area contributed by atoms with Crippen molar-refractivity contribution in [3.8, 4) is 0 Å². The summed E-state index contributed by atoms with van der Waals surface area (Å²) in [4.78, 5) is 14.4. The van der Waals surface area contributed by atoms with E-state index in [-0.39, 0.29) is 5.91 Å². The van der Waals surface area contributed by atoms with Gasteiger partial charge >= 0.3 is 0 Å². The standard InChI is InChI=1S/C16H25N3O/c1-12-9-13(2)19(11-12)8-7-16(20)18-15-6-4-3-5-14(15)10-17/h3-6,12-13H,7-11,17H2,1-2H3,(H,18,20). The summed E-state index contributed by atoms with van der Waals surface area (Å²) in [5.41, 5.74) is 7.49. The van der Waals surface area contributed by atoms with E-state index in [1.54, 1.807) is 0 Å². The first kappa shape index (κ1) is 15.0. The minimum absolute atomic E-state index is 0.0673. The Hall–Kier alpha value is -1.39. The van der Waals surface area contributed by atoms with Crippen molar-refractivity contribution in [2.24, 2.45) is 11.7 Å². The van der Waals surface area contributed by atoms with Crippen molar-refractivity contribution in [1.82, 2.24) is 4.90 Å². The van der Waals surface area contributed by atoms with E-state index in [9.17, 15) is 4.79 Å². The zero-order valence-electron chi connectivity index (χ0n) is 12.4. The van der Waals surface area contributed by atoms with Crippen LogP contribution in [0.3, 0.4) is 0 Å². The van der Waals surface area contributed by atoms with Gasteiger partial charge in [0.05, 0.1) is 0 Å². The third kappa shape index (κ3) is 3.81. The SMILES string of the molecule is CC1CC(C)N(CCC(=O)Nc2ccccc2CN)C1. The molecule has 1 aliphatic heterocycles. The lowest BCUT2D eigenvalue weighted by Gasteiger charge is -2.20. The average Bonchev–Trinajstić information content (AvgIpc) is 2.75. The Labute approximate surface area is 121 Å². The van der Waals surface area contributed by atoms with Crippen LogP contribution in [-0.2, 0) is 11.3 Å². The summed E-state index contributed by atoms with van der Waals surface area (Å²) >= 11 is 0. The minimum atomic E-state index is 0.0673. The highest BCUT2D eigenvalue weighted by molar-refractivity contribution is 5.91. The molecule has 2 rings (SSSR count). The molecule has 1 saturated heterocycles. The molecule has 0 radical (unpaired) electrons. The summed E-state index contributed by atoms with van der Waals surface area (Å²) in [6, 6.07) is 8.29. The molecule has 1 amide bonds. The van der Waals surface area contributed by atoms with Crippen LogP contribution >= 0.6 is 0 Å². The third-order valence-corrected chi connectivity index (χ3v) is 4.05. The van der Waals surface area contributed by atoms with E-state index in [0.717, 1.165) is 30.3 Å². The summed E-state index contributed by atoms with van der Waals surface area (Å²) in [6.45, 7) is 6.90. The van der Waals surface area contributed by atoms with Crippen molar-refractivity contribution in [2.45, 2.75) is 39.3 Å². The zero-order chi connectivity index (χ0) is 14.5. The molecule has 110 valence electrons. The van der Waals surface area contributed by atoms with Gasteiger partial charge in [0.15, 0.2) is 0 Å². The highest BCUT2D eigenvalue weighted by Gasteiger charge is 2.25. The maximum atomic E-state index is 12.0. The van der Waals surface area contributed by atoms with Crippen LogP contribution in [0.1, 0.15) is 32.3 Å². The molecule has 1 aromatic rings. The number of carbonyl (C=O) groups is 1.